The molecule has 0 N–H and O–H groups in total. The van der Waals surface area contributed by atoms with Gasteiger partial charge in [-0.2, -0.15) is 0 Å². The van der Waals surface area contributed by atoms with Crippen LogP contribution < -0.4 is 0 Å². The normalized spacial score (nSPS) is 15.3. The number of rotatable bonds is 5. The van der Waals surface area contributed by atoms with Crippen molar-refractivity contribution in [2.75, 3.05) is 0 Å². The van der Waals surface area contributed by atoms with Crippen LogP contribution in [0.1, 0.15) is 95.9 Å². The number of para-hydroxylation sites is 4. The quantitative estimate of drug-likeness (QED) is 0.183. The third-order valence-electron chi connectivity index (χ3n) is 11.5. The number of imidazole rings is 1. The topological polar surface area (TPSA) is 31.0 Å². The predicted molar refractivity (Wildman–Crippen MR) is 216 cm³/mol. The average Bonchev–Trinajstić information content (AvgIpc) is 3.67. The number of hydrogen-bond donors (Lipinski definition) is 0. The van der Waals surface area contributed by atoms with Crippen LogP contribution >= 0.6 is 0 Å². The Balaban J connectivity index is 1.29. The van der Waals surface area contributed by atoms with Crippen molar-refractivity contribution in [2.24, 2.45) is 0 Å². The van der Waals surface area contributed by atoms with Crippen LogP contribution in [0.5, 0.6) is 0 Å². The first-order chi connectivity index (χ1) is 24.4. The molecule has 1 aliphatic rings. The summed E-state index contributed by atoms with van der Waals surface area (Å²) < 4.78 is 9.37. The minimum atomic E-state index is 0.0168. The van der Waals surface area contributed by atoms with Crippen molar-refractivity contribution in [1.29, 1.82) is 0 Å². The fourth-order valence-electron chi connectivity index (χ4n) is 9.52. The van der Waals surface area contributed by atoms with E-state index in [2.05, 4.69) is 169 Å². The van der Waals surface area contributed by atoms with Crippen molar-refractivity contribution in [1.82, 2.24) is 9.55 Å². The number of aromatic nitrogens is 2. The van der Waals surface area contributed by atoms with Crippen LogP contribution in [-0.2, 0) is 10.8 Å². The molecule has 2 aromatic heterocycles. The third kappa shape index (κ3) is 4.74. The van der Waals surface area contributed by atoms with Crippen molar-refractivity contribution >= 4 is 43.7 Å². The molecule has 51 heavy (non-hydrogen) atoms. The van der Waals surface area contributed by atoms with Gasteiger partial charge in [-0.1, -0.05) is 134 Å². The monoisotopic (exact) mass is 666 g/mol. The Labute approximate surface area is 301 Å². The van der Waals surface area contributed by atoms with Crippen molar-refractivity contribution in [3.8, 4) is 28.2 Å². The molecule has 9 rings (SSSR count). The van der Waals surface area contributed by atoms with Gasteiger partial charge >= 0.3 is 0 Å². The van der Waals surface area contributed by atoms with E-state index in [1.165, 1.54) is 49.8 Å². The summed E-state index contributed by atoms with van der Waals surface area (Å²) in [6, 6.07) is 40.1. The van der Waals surface area contributed by atoms with Crippen molar-refractivity contribution in [3.63, 3.8) is 0 Å². The largest absolute Gasteiger partial charge is 0.455 e. The molecule has 0 spiro atoms. The van der Waals surface area contributed by atoms with Gasteiger partial charge in [0.25, 0.3) is 0 Å². The van der Waals surface area contributed by atoms with E-state index in [1.807, 2.05) is 0 Å². The number of benzene rings is 6. The summed E-state index contributed by atoms with van der Waals surface area (Å²) in [5.41, 5.74) is 14.3. The molecule has 0 atom stereocenters. The molecule has 3 heteroatoms. The van der Waals surface area contributed by atoms with E-state index in [9.17, 15) is 0 Å². The lowest BCUT2D eigenvalue weighted by molar-refractivity contribution is 0.342. The lowest BCUT2D eigenvalue weighted by Gasteiger charge is -2.43. The molecular weight excluding hydrogens is 621 g/mol. The van der Waals surface area contributed by atoms with Gasteiger partial charge in [0.15, 0.2) is 0 Å². The Morgan fingerprint density at radius 2 is 1.39 bits per heavy atom. The van der Waals surface area contributed by atoms with E-state index in [0.29, 0.717) is 11.8 Å². The summed E-state index contributed by atoms with van der Waals surface area (Å²) in [6.45, 7) is 18.8. The lowest BCUT2D eigenvalue weighted by Crippen LogP contribution is -2.35. The van der Waals surface area contributed by atoms with Gasteiger partial charge in [-0.05, 0) is 104 Å². The molecule has 0 bridgehead atoms. The first-order valence-corrected chi connectivity index (χ1v) is 18.6. The van der Waals surface area contributed by atoms with E-state index in [0.717, 1.165) is 50.8 Å². The molecule has 6 aromatic carbocycles. The standard InChI is InChI=1S/C48H46N2O/c1-28(2)32-15-12-16-33(29(3)4)44(32)50-40-21-10-9-20-39(40)49-46(50)37-18-13-17-36-35-25-23-31(26-41(35)51-45(36)37)34-24-22-30-14-11-19-38-42(30)43(34)48(7,8)27-47(38,5)6/h9-26,28-29H,27H2,1-8H3. The van der Waals surface area contributed by atoms with Gasteiger partial charge in [-0.15, -0.1) is 0 Å². The Morgan fingerprint density at radius 1 is 0.667 bits per heavy atom. The highest BCUT2D eigenvalue weighted by Crippen LogP contribution is 2.52. The van der Waals surface area contributed by atoms with Crippen LogP contribution in [0.3, 0.4) is 0 Å². The Kier molecular flexibility index (Phi) is 6.97. The SMILES string of the molecule is CC(C)c1cccc(C(C)C)c1-n1c(-c2cccc3c2oc2cc(-c4ccc5cccc6c5c4C(C)(C)CC6(C)C)ccc23)nc2ccccc21. The summed E-state index contributed by atoms with van der Waals surface area (Å²) in [5.74, 6) is 1.60. The molecule has 2 heterocycles. The van der Waals surface area contributed by atoms with Crippen LogP contribution in [0.25, 0.3) is 71.9 Å². The van der Waals surface area contributed by atoms with Crippen LogP contribution in [0, 0.1) is 0 Å². The second-order valence-corrected chi connectivity index (χ2v) is 16.7. The minimum absolute atomic E-state index is 0.0168. The zero-order valence-corrected chi connectivity index (χ0v) is 31.1. The van der Waals surface area contributed by atoms with E-state index in [1.54, 1.807) is 0 Å². The highest BCUT2D eigenvalue weighted by atomic mass is 16.3. The average molecular weight is 667 g/mol. The smallest absolute Gasteiger partial charge is 0.149 e. The maximum atomic E-state index is 6.97. The van der Waals surface area contributed by atoms with E-state index >= 15 is 0 Å². The number of hydrogen-bond acceptors (Lipinski definition) is 2. The van der Waals surface area contributed by atoms with Crippen molar-refractivity contribution in [3.05, 3.63) is 131 Å². The van der Waals surface area contributed by atoms with Gasteiger partial charge in [0.2, 0.25) is 0 Å². The molecule has 0 aliphatic heterocycles. The summed E-state index contributed by atoms with van der Waals surface area (Å²) in [6.07, 6.45) is 1.10. The van der Waals surface area contributed by atoms with Gasteiger partial charge in [0.05, 0.1) is 22.3 Å². The number of nitrogens with zero attached hydrogens (tertiary/aromatic N) is 2. The molecule has 0 radical (unpaired) electrons. The van der Waals surface area contributed by atoms with Gasteiger partial charge in [0.1, 0.15) is 17.0 Å². The van der Waals surface area contributed by atoms with E-state index in [-0.39, 0.29) is 10.8 Å². The fourth-order valence-corrected chi connectivity index (χ4v) is 9.52. The number of furan rings is 1. The predicted octanol–water partition coefficient (Wildman–Crippen LogP) is 13.6. The van der Waals surface area contributed by atoms with Crippen LogP contribution in [0.15, 0.2) is 114 Å². The first kappa shape index (κ1) is 31.8. The Morgan fingerprint density at radius 3 is 2.16 bits per heavy atom. The Hall–Kier alpha value is -5.15. The summed E-state index contributed by atoms with van der Waals surface area (Å²) >= 11 is 0. The zero-order chi connectivity index (χ0) is 35.4. The van der Waals surface area contributed by atoms with E-state index < -0.39 is 0 Å². The summed E-state index contributed by atoms with van der Waals surface area (Å²) in [4.78, 5) is 5.34. The molecular formula is C48H46N2O. The van der Waals surface area contributed by atoms with Crippen LogP contribution in [0.4, 0.5) is 0 Å². The molecule has 0 saturated heterocycles. The fraction of sp³-hybridized carbons (Fsp3) is 0.271. The van der Waals surface area contributed by atoms with Crippen LogP contribution in [0.2, 0.25) is 0 Å². The lowest BCUT2D eigenvalue weighted by atomic mass is 9.60. The van der Waals surface area contributed by atoms with E-state index in [4.69, 9.17) is 9.40 Å². The van der Waals surface area contributed by atoms with Crippen molar-refractivity contribution < 1.29 is 4.42 Å². The first-order valence-electron chi connectivity index (χ1n) is 18.6. The zero-order valence-electron chi connectivity index (χ0n) is 31.1. The van der Waals surface area contributed by atoms with Gasteiger partial charge in [-0.3, -0.25) is 4.57 Å². The Bertz CT molecular complexity index is 2650. The molecule has 0 amide bonds. The third-order valence-corrected chi connectivity index (χ3v) is 11.5. The van der Waals surface area contributed by atoms with Crippen molar-refractivity contribution in [2.45, 2.75) is 84.5 Å². The van der Waals surface area contributed by atoms with Gasteiger partial charge < -0.3 is 4.42 Å². The second-order valence-electron chi connectivity index (χ2n) is 16.7. The maximum Gasteiger partial charge on any atom is 0.149 e. The molecule has 3 nitrogen and oxygen atoms in total. The maximum absolute atomic E-state index is 6.97. The molecule has 254 valence electrons. The summed E-state index contributed by atoms with van der Waals surface area (Å²) in [5, 5.41) is 4.98. The second kappa shape index (κ2) is 11.2. The summed E-state index contributed by atoms with van der Waals surface area (Å²) in [7, 11) is 0. The number of fused-ring (bicyclic) bond motifs is 4. The van der Waals surface area contributed by atoms with Gasteiger partial charge in [0, 0.05) is 10.8 Å². The highest BCUT2D eigenvalue weighted by molar-refractivity contribution is 6.10. The molecule has 0 fully saturated rings. The highest BCUT2D eigenvalue weighted by Gasteiger charge is 2.40. The van der Waals surface area contributed by atoms with Gasteiger partial charge in [-0.25, -0.2) is 4.98 Å². The minimum Gasteiger partial charge on any atom is -0.455 e. The molecule has 8 aromatic rings. The molecule has 0 saturated carbocycles. The molecule has 0 unspecified atom stereocenters. The van der Waals surface area contributed by atoms with Crippen LogP contribution in [-0.4, -0.2) is 9.55 Å². The molecule has 1 aliphatic carbocycles.